The van der Waals surface area contributed by atoms with Crippen LogP contribution in [0.25, 0.3) is 0 Å². The molecule has 0 unspecified atom stereocenters. The van der Waals surface area contributed by atoms with Crippen molar-refractivity contribution in [1.29, 1.82) is 0 Å². The molecule has 0 fully saturated rings. The molecule has 0 aliphatic carbocycles. The van der Waals surface area contributed by atoms with Crippen LogP contribution in [0.5, 0.6) is 0 Å². The molecular weight excluding hydrogens is 196 g/mol. The molecule has 0 N–H and O–H groups in total. The van der Waals surface area contributed by atoms with Crippen molar-refractivity contribution in [2.45, 2.75) is 6.18 Å². The van der Waals surface area contributed by atoms with Crippen molar-refractivity contribution in [3.8, 4) is 0 Å². The first-order valence-electron chi connectivity index (χ1n) is 3.63. The van der Waals surface area contributed by atoms with E-state index >= 15 is 0 Å². The summed E-state index contributed by atoms with van der Waals surface area (Å²) in [5, 5.41) is 0. The van der Waals surface area contributed by atoms with E-state index in [1.807, 2.05) is 0 Å². The standard InChI is InChI=1S/C8H5BF3O2/c10-8(11,12)6-1-3-7(4-2-6)9-14-5-13/h1-5H. The molecule has 0 saturated carbocycles. The van der Waals surface area contributed by atoms with Gasteiger partial charge in [-0.15, -0.1) is 0 Å². The van der Waals surface area contributed by atoms with Gasteiger partial charge in [-0.3, -0.25) is 4.79 Å². The fourth-order valence-corrected chi connectivity index (χ4v) is 0.857. The number of carbonyl (C=O) groups is 1. The van der Waals surface area contributed by atoms with Gasteiger partial charge >= 0.3 is 13.7 Å². The van der Waals surface area contributed by atoms with Crippen molar-refractivity contribution in [1.82, 2.24) is 0 Å². The van der Waals surface area contributed by atoms with Crippen LogP contribution >= 0.6 is 0 Å². The Morgan fingerprint density at radius 1 is 1.21 bits per heavy atom. The number of hydrogen-bond acceptors (Lipinski definition) is 2. The van der Waals surface area contributed by atoms with Crippen LogP contribution in [0.1, 0.15) is 5.56 Å². The zero-order valence-corrected chi connectivity index (χ0v) is 6.91. The van der Waals surface area contributed by atoms with E-state index in [9.17, 15) is 18.0 Å². The normalized spacial score (nSPS) is 10.8. The van der Waals surface area contributed by atoms with Gasteiger partial charge in [0.25, 0.3) is 6.47 Å². The summed E-state index contributed by atoms with van der Waals surface area (Å²) < 4.78 is 40.5. The predicted octanol–water partition coefficient (Wildman–Crippen LogP) is 1.12. The summed E-state index contributed by atoms with van der Waals surface area (Å²) in [6.45, 7) is 0.192. The van der Waals surface area contributed by atoms with Crippen LogP contribution in [0, 0.1) is 0 Å². The number of halogens is 3. The number of rotatable bonds is 3. The lowest BCUT2D eigenvalue weighted by molar-refractivity contribution is -0.137. The molecule has 0 amide bonds. The van der Waals surface area contributed by atoms with E-state index in [1.165, 1.54) is 12.1 Å². The van der Waals surface area contributed by atoms with Crippen molar-refractivity contribution < 1.29 is 22.6 Å². The van der Waals surface area contributed by atoms with E-state index in [0.717, 1.165) is 19.6 Å². The van der Waals surface area contributed by atoms with Crippen LogP contribution < -0.4 is 5.46 Å². The lowest BCUT2D eigenvalue weighted by Crippen LogP contribution is -2.17. The summed E-state index contributed by atoms with van der Waals surface area (Å²) in [5.74, 6) is 0. The molecule has 1 aromatic carbocycles. The minimum atomic E-state index is -4.34. The Morgan fingerprint density at radius 3 is 2.21 bits per heavy atom. The van der Waals surface area contributed by atoms with Gasteiger partial charge in [0, 0.05) is 0 Å². The van der Waals surface area contributed by atoms with E-state index in [2.05, 4.69) is 4.65 Å². The largest absolute Gasteiger partial charge is 0.535 e. The predicted molar refractivity (Wildman–Crippen MR) is 44.0 cm³/mol. The van der Waals surface area contributed by atoms with Gasteiger partial charge in [-0.25, -0.2) is 0 Å². The molecule has 1 aromatic rings. The van der Waals surface area contributed by atoms with Gasteiger partial charge in [0.2, 0.25) is 0 Å². The second kappa shape index (κ2) is 4.17. The van der Waals surface area contributed by atoms with Crippen molar-refractivity contribution in [3.63, 3.8) is 0 Å². The maximum absolute atomic E-state index is 12.1. The third-order valence-corrected chi connectivity index (χ3v) is 1.50. The molecule has 0 aromatic heterocycles. The average Bonchev–Trinajstić information content (AvgIpc) is 2.14. The van der Waals surface area contributed by atoms with Crippen molar-refractivity contribution >= 4 is 19.4 Å². The summed E-state index contributed by atoms with van der Waals surface area (Å²) in [5.41, 5.74) is -0.342. The molecule has 2 nitrogen and oxygen atoms in total. The van der Waals surface area contributed by atoms with Gasteiger partial charge in [-0.1, -0.05) is 24.3 Å². The molecule has 0 saturated heterocycles. The first-order valence-corrected chi connectivity index (χ1v) is 3.63. The Balaban J connectivity index is 2.73. The number of benzene rings is 1. The van der Waals surface area contributed by atoms with Gasteiger partial charge in [0.15, 0.2) is 0 Å². The molecule has 0 heterocycles. The monoisotopic (exact) mass is 201 g/mol. The highest BCUT2D eigenvalue weighted by atomic mass is 19.4. The maximum atomic E-state index is 12.1. The Hall–Kier alpha value is -1.46. The van der Waals surface area contributed by atoms with Gasteiger partial charge < -0.3 is 4.65 Å². The van der Waals surface area contributed by atoms with Gasteiger partial charge in [-0.2, -0.15) is 13.2 Å². The molecule has 0 atom stereocenters. The highest BCUT2D eigenvalue weighted by Gasteiger charge is 2.29. The molecule has 73 valence electrons. The zero-order chi connectivity index (χ0) is 10.6. The smallest absolute Gasteiger partial charge is 0.416 e. The van der Waals surface area contributed by atoms with E-state index in [1.54, 1.807) is 0 Å². The fourth-order valence-electron chi connectivity index (χ4n) is 0.857. The number of alkyl halides is 3. The SMILES string of the molecule is O=CO[B]c1ccc(C(F)(F)F)cc1. The number of hydrogen-bond donors (Lipinski definition) is 0. The molecular formula is C8H5BF3O2. The van der Waals surface area contributed by atoms with Crippen LogP contribution in [-0.2, 0) is 15.6 Å². The van der Waals surface area contributed by atoms with Crippen molar-refractivity contribution in [2.75, 3.05) is 0 Å². The lowest BCUT2D eigenvalue weighted by atomic mass is 9.88. The highest BCUT2D eigenvalue weighted by Crippen LogP contribution is 2.28. The Morgan fingerprint density at radius 2 is 1.79 bits per heavy atom. The summed E-state index contributed by atoms with van der Waals surface area (Å²) >= 11 is 0. The summed E-state index contributed by atoms with van der Waals surface area (Å²) in [6, 6.07) is 4.26. The summed E-state index contributed by atoms with van der Waals surface area (Å²) in [6.07, 6.45) is -4.34. The Kier molecular flexibility index (Phi) is 3.16. The second-order valence-electron chi connectivity index (χ2n) is 2.47. The van der Waals surface area contributed by atoms with Gasteiger partial charge in [-0.05, 0) is 5.46 Å². The molecule has 1 rings (SSSR count). The third-order valence-electron chi connectivity index (χ3n) is 1.50. The van der Waals surface area contributed by atoms with E-state index in [-0.39, 0.29) is 6.47 Å². The summed E-state index contributed by atoms with van der Waals surface area (Å²) in [4.78, 5) is 9.77. The van der Waals surface area contributed by atoms with Crippen LogP contribution in [0.15, 0.2) is 24.3 Å². The molecule has 0 bridgehead atoms. The van der Waals surface area contributed by atoms with Crippen LogP contribution in [0.4, 0.5) is 13.2 Å². The minimum Gasteiger partial charge on any atom is -0.535 e. The molecule has 0 aliphatic heterocycles. The molecule has 14 heavy (non-hydrogen) atoms. The van der Waals surface area contributed by atoms with Crippen LogP contribution in [0.2, 0.25) is 0 Å². The first-order chi connectivity index (χ1) is 6.54. The molecule has 0 spiro atoms. The van der Waals surface area contributed by atoms with Crippen LogP contribution in [0.3, 0.4) is 0 Å². The van der Waals surface area contributed by atoms with E-state index in [4.69, 9.17) is 0 Å². The van der Waals surface area contributed by atoms with Crippen molar-refractivity contribution in [3.05, 3.63) is 29.8 Å². The molecule has 6 heteroatoms. The fraction of sp³-hybridized carbons (Fsp3) is 0.125. The Labute approximate surface area is 79.0 Å². The highest BCUT2D eigenvalue weighted by molar-refractivity contribution is 6.48. The van der Waals surface area contributed by atoms with Crippen LogP contribution in [-0.4, -0.2) is 14.0 Å². The zero-order valence-electron chi connectivity index (χ0n) is 6.91. The van der Waals surface area contributed by atoms with Gasteiger partial charge in [0.05, 0.1) is 5.56 Å². The topological polar surface area (TPSA) is 26.3 Å². The van der Waals surface area contributed by atoms with E-state index < -0.39 is 11.7 Å². The molecule has 0 aliphatic rings. The quantitative estimate of drug-likeness (QED) is 0.541. The second-order valence-corrected chi connectivity index (χ2v) is 2.47. The van der Waals surface area contributed by atoms with Gasteiger partial charge in [0.1, 0.15) is 0 Å². The van der Waals surface area contributed by atoms with E-state index in [0.29, 0.717) is 5.46 Å². The minimum absolute atomic E-state index is 0.192. The third kappa shape index (κ3) is 2.79. The maximum Gasteiger partial charge on any atom is 0.416 e. The first kappa shape index (κ1) is 10.6. The number of carbonyl (C=O) groups excluding carboxylic acids is 1. The summed E-state index contributed by atoms with van der Waals surface area (Å²) in [7, 11) is 1.06. The average molecular weight is 201 g/mol. The Bertz CT molecular complexity index is 307. The molecule has 1 radical (unpaired) electrons. The lowest BCUT2D eigenvalue weighted by Gasteiger charge is -2.06. The van der Waals surface area contributed by atoms with Crippen molar-refractivity contribution in [2.24, 2.45) is 0 Å².